The van der Waals surface area contributed by atoms with Gasteiger partial charge in [-0.3, -0.25) is 5.01 Å². The molecule has 0 aliphatic carbocycles. The Kier molecular flexibility index (Phi) is 5.78. The average Bonchev–Trinajstić information content (AvgIpc) is 2.98. The average molecular weight is 359 g/mol. The minimum atomic E-state index is -0.352. The fraction of sp³-hybridized carbons (Fsp3) is 0.389. The highest BCUT2D eigenvalue weighted by molar-refractivity contribution is 7.19. The number of ether oxygens (including phenoxy) is 2. The summed E-state index contributed by atoms with van der Waals surface area (Å²) in [6.45, 7) is 6.74. The molecule has 0 amide bonds. The first kappa shape index (κ1) is 17.6. The first-order chi connectivity index (χ1) is 12.2. The van der Waals surface area contributed by atoms with E-state index >= 15 is 0 Å². The van der Waals surface area contributed by atoms with Crippen molar-refractivity contribution in [3.8, 4) is 10.4 Å². The van der Waals surface area contributed by atoms with E-state index in [2.05, 4.69) is 10.3 Å². The number of hydrogen-bond donors (Lipinski definition) is 0. The Morgan fingerprint density at radius 3 is 2.68 bits per heavy atom. The maximum atomic E-state index is 12.4. The predicted octanol–water partition coefficient (Wildman–Crippen LogP) is 4.23. The number of esters is 1. The Bertz CT molecular complexity index is 752. The van der Waals surface area contributed by atoms with Crippen molar-refractivity contribution in [1.82, 2.24) is 5.01 Å². The van der Waals surface area contributed by atoms with Crippen LogP contribution in [-0.2, 0) is 9.47 Å². The number of benzene rings is 1. The highest BCUT2D eigenvalue weighted by atomic mass is 32.1. The standard InChI is InChI=1S/C18H21N3O3S/c1-3-24-18(22)15-13(2)16(14-7-5-4-6-8-14)25-17(15)19-20-21-9-11-23-12-10-21/h4-8H,3,9-12H2,1-2H3/b20-19+. The summed E-state index contributed by atoms with van der Waals surface area (Å²) in [6.07, 6.45) is 0. The van der Waals surface area contributed by atoms with Crippen LogP contribution in [0.25, 0.3) is 10.4 Å². The van der Waals surface area contributed by atoms with Gasteiger partial charge < -0.3 is 9.47 Å². The minimum Gasteiger partial charge on any atom is -0.462 e. The van der Waals surface area contributed by atoms with Crippen molar-refractivity contribution >= 4 is 22.3 Å². The van der Waals surface area contributed by atoms with E-state index in [1.807, 2.05) is 42.3 Å². The highest BCUT2D eigenvalue weighted by Crippen LogP contribution is 2.42. The lowest BCUT2D eigenvalue weighted by molar-refractivity contribution is 0.0353. The van der Waals surface area contributed by atoms with Gasteiger partial charge in [-0.05, 0) is 25.0 Å². The highest BCUT2D eigenvalue weighted by Gasteiger charge is 2.23. The molecule has 0 bridgehead atoms. The van der Waals surface area contributed by atoms with E-state index < -0.39 is 0 Å². The zero-order chi connectivity index (χ0) is 17.6. The molecule has 1 saturated heterocycles. The number of rotatable bonds is 5. The van der Waals surface area contributed by atoms with Gasteiger partial charge in [0.15, 0.2) is 5.00 Å². The molecule has 2 aromatic rings. The van der Waals surface area contributed by atoms with Crippen molar-refractivity contribution in [2.45, 2.75) is 13.8 Å². The third-order valence-corrected chi connectivity index (χ3v) is 5.12. The molecule has 2 heterocycles. The smallest absolute Gasteiger partial charge is 0.341 e. The Morgan fingerprint density at radius 2 is 2.00 bits per heavy atom. The van der Waals surface area contributed by atoms with Crippen molar-refractivity contribution in [1.29, 1.82) is 0 Å². The maximum Gasteiger partial charge on any atom is 0.341 e. The normalized spacial score (nSPS) is 14.9. The molecule has 1 aliphatic heterocycles. The molecule has 0 spiro atoms. The Hall–Kier alpha value is -2.25. The Balaban J connectivity index is 1.97. The molecular formula is C18H21N3O3S. The largest absolute Gasteiger partial charge is 0.462 e. The number of carbonyl (C=O) groups is 1. The number of morpholine rings is 1. The summed E-state index contributed by atoms with van der Waals surface area (Å²) in [5.74, 6) is -0.352. The molecule has 132 valence electrons. The molecule has 0 atom stereocenters. The summed E-state index contributed by atoms with van der Waals surface area (Å²) in [7, 11) is 0. The Labute approximate surface area is 151 Å². The lowest BCUT2D eigenvalue weighted by atomic mass is 10.1. The van der Waals surface area contributed by atoms with Gasteiger partial charge in [-0.25, -0.2) is 4.79 Å². The number of nitrogens with zero attached hydrogens (tertiary/aromatic N) is 3. The molecule has 1 aromatic carbocycles. The summed E-state index contributed by atoms with van der Waals surface area (Å²) < 4.78 is 10.5. The van der Waals surface area contributed by atoms with E-state index in [-0.39, 0.29) is 5.97 Å². The fourth-order valence-corrected chi connectivity index (χ4v) is 3.74. The first-order valence-electron chi connectivity index (χ1n) is 8.31. The van der Waals surface area contributed by atoms with E-state index in [1.54, 1.807) is 6.92 Å². The van der Waals surface area contributed by atoms with Crippen LogP contribution in [-0.4, -0.2) is 43.9 Å². The van der Waals surface area contributed by atoms with Crippen molar-refractivity contribution < 1.29 is 14.3 Å². The van der Waals surface area contributed by atoms with Crippen LogP contribution in [0.2, 0.25) is 0 Å². The van der Waals surface area contributed by atoms with Crippen molar-refractivity contribution in [3.63, 3.8) is 0 Å². The van der Waals surface area contributed by atoms with Crippen LogP contribution in [0, 0.1) is 6.92 Å². The number of thiophene rings is 1. The fourth-order valence-electron chi connectivity index (χ4n) is 2.62. The van der Waals surface area contributed by atoms with Gasteiger partial charge in [0.25, 0.3) is 0 Å². The molecule has 0 unspecified atom stereocenters. The summed E-state index contributed by atoms with van der Waals surface area (Å²) in [6, 6.07) is 9.98. The second-order valence-corrected chi connectivity index (χ2v) is 6.58. The molecular weight excluding hydrogens is 338 g/mol. The van der Waals surface area contributed by atoms with Crippen LogP contribution in [0.4, 0.5) is 5.00 Å². The molecule has 3 rings (SSSR count). The van der Waals surface area contributed by atoms with Crippen LogP contribution in [0.1, 0.15) is 22.8 Å². The maximum absolute atomic E-state index is 12.4. The molecule has 0 radical (unpaired) electrons. The monoisotopic (exact) mass is 359 g/mol. The van der Waals surface area contributed by atoms with Crippen molar-refractivity contribution in [3.05, 3.63) is 41.5 Å². The molecule has 1 fully saturated rings. The molecule has 1 aliphatic rings. The number of carbonyl (C=O) groups excluding carboxylic acids is 1. The van der Waals surface area contributed by atoms with Gasteiger partial charge in [0.05, 0.1) is 32.9 Å². The van der Waals surface area contributed by atoms with E-state index in [1.165, 1.54) is 11.3 Å². The second kappa shape index (κ2) is 8.22. The topological polar surface area (TPSA) is 63.5 Å². The van der Waals surface area contributed by atoms with Crippen molar-refractivity contribution in [2.24, 2.45) is 10.3 Å². The molecule has 0 saturated carbocycles. The van der Waals surface area contributed by atoms with Gasteiger partial charge in [0.2, 0.25) is 0 Å². The van der Waals surface area contributed by atoms with Gasteiger partial charge in [-0.2, -0.15) is 0 Å². The Morgan fingerprint density at radius 1 is 1.28 bits per heavy atom. The van der Waals surface area contributed by atoms with Crippen LogP contribution < -0.4 is 0 Å². The molecule has 6 nitrogen and oxygen atoms in total. The summed E-state index contributed by atoms with van der Waals surface area (Å²) >= 11 is 1.46. The third-order valence-electron chi connectivity index (χ3n) is 3.89. The molecule has 7 heteroatoms. The third kappa shape index (κ3) is 4.05. The SMILES string of the molecule is CCOC(=O)c1c(/N=N/N2CCOCC2)sc(-c2ccccc2)c1C. The molecule has 25 heavy (non-hydrogen) atoms. The zero-order valence-corrected chi connectivity index (χ0v) is 15.2. The summed E-state index contributed by atoms with van der Waals surface area (Å²) in [5, 5.41) is 11.1. The second-order valence-electron chi connectivity index (χ2n) is 5.58. The summed E-state index contributed by atoms with van der Waals surface area (Å²) in [5.41, 5.74) is 2.44. The van der Waals surface area contributed by atoms with Gasteiger partial charge in [-0.1, -0.05) is 35.6 Å². The van der Waals surface area contributed by atoms with Crippen LogP contribution in [0.3, 0.4) is 0 Å². The van der Waals surface area contributed by atoms with Crippen LogP contribution in [0.15, 0.2) is 40.7 Å². The van der Waals surface area contributed by atoms with Crippen molar-refractivity contribution in [2.75, 3.05) is 32.9 Å². The van der Waals surface area contributed by atoms with E-state index in [4.69, 9.17) is 9.47 Å². The molecule has 1 aromatic heterocycles. The van der Waals surface area contributed by atoms with Gasteiger partial charge in [0, 0.05) is 4.88 Å². The first-order valence-corrected chi connectivity index (χ1v) is 9.12. The van der Waals surface area contributed by atoms with Gasteiger partial charge in [0.1, 0.15) is 5.56 Å². The van der Waals surface area contributed by atoms with Gasteiger partial charge >= 0.3 is 5.97 Å². The molecule has 0 N–H and O–H groups in total. The zero-order valence-electron chi connectivity index (χ0n) is 14.4. The van der Waals surface area contributed by atoms with E-state index in [0.29, 0.717) is 43.5 Å². The van der Waals surface area contributed by atoms with Crippen LogP contribution >= 0.6 is 11.3 Å². The minimum absolute atomic E-state index is 0.328. The number of hydrogen-bond acceptors (Lipinski definition) is 6. The van der Waals surface area contributed by atoms with E-state index in [0.717, 1.165) is 16.0 Å². The lowest BCUT2D eigenvalue weighted by Crippen LogP contribution is -2.31. The summed E-state index contributed by atoms with van der Waals surface area (Å²) in [4.78, 5) is 13.4. The lowest BCUT2D eigenvalue weighted by Gasteiger charge is -2.22. The predicted molar refractivity (Wildman–Crippen MR) is 97.4 cm³/mol. The van der Waals surface area contributed by atoms with Crippen LogP contribution in [0.5, 0.6) is 0 Å². The van der Waals surface area contributed by atoms with E-state index in [9.17, 15) is 4.79 Å². The van der Waals surface area contributed by atoms with Gasteiger partial charge in [-0.15, -0.1) is 16.5 Å². The quantitative estimate of drug-likeness (QED) is 0.592.